The van der Waals surface area contributed by atoms with Gasteiger partial charge in [-0.1, -0.05) is 38.0 Å². The van der Waals surface area contributed by atoms with Crippen molar-refractivity contribution in [3.8, 4) is 12.1 Å². The molecule has 0 bridgehead atoms. The zero-order chi connectivity index (χ0) is 20.4. The molecular formula is C23H27N5. The van der Waals surface area contributed by atoms with Gasteiger partial charge in [-0.05, 0) is 44.0 Å². The van der Waals surface area contributed by atoms with Crippen molar-refractivity contribution in [2.45, 2.75) is 40.0 Å². The molecule has 0 fully saturated rings. The maximum absolute atomic E-state index is 9.34. The van der Waals surface area contributed by atoms with Crippen molar-refractivity contribution in [3.63, 3.8) is 0 Å². The summed E-state index contributed by atoms with van der Waals surface area (Å²) in [6.07, 6.45) is 8.69. The number of nitrogens with zero attached hydrogens (tertiary/aromatic N) is 5. The lowest BCUT2D eigenvalue weighted by Gasteiger charge is -2.20. The van der Waals surface area contributed by atoms with E-state index in [-0.39, 0.29) is 17.3 Å². The minimum atomic E-state index is 0.000322. The molecule has 0 aromatic heterocycles. The summed E-state index contributed by atoms with van der Waals surface area (Å²) in [7, 11) is 0. The second-order valence-electron chi connectivity index (χ2n) is 6.58. The Morgan fingerprint density at radius 3 is 2.25 bits per heavy atom. The van der Waals surface area contributed by atoms with Gasteiger partial charge >= 0.3 is 0 Å². The first-order valence-electron chi connectivity index (χ1n) is 9.87. The van der Waals surface area contributed by atoms with Crippen molar-refractivity contribution in [2.75, 3.05) is 18.0 Å². The Labute approximate surface area is 168 Å². The van der Waals surface area contributed by atoms with Crippen LogP contribution in [0.25, 0.3) is 6.08 Å². The highest BCUT2D eigenvalue weighted by Gasteiger charge is 2.17. The molecule has 1 heterocycles. The molecule has 0 aliphatic carbocycles. The lowest BCUT2D eigenvalue weighted by atomic mass is 9.97. The third-order valence-corrected chi connectivity index (χ3v) is 4.78. The molecule has 0 spiro atoms. The first-order chi connectivity index (χ1) is 13.7. The van der Waals surface area contributed by atoms with E-state index in [1.807, 2.05) is 24.3 Å². The summed E-state index contributed by atoms with van der Waals surface area (Å²) in [6, 6.07) is 12.4. The molecule has 1 aliphatic heterocycles. The van der Waals surface area contributed by atoms with Gasteiger partial charge in [0.15, 0.2) is 11.4 Å². The standard InChI is InChI=1S/C23H27N5/c1-4-7-8-19-17-26-22(15-24)23(16-25)27-21(19)14-11-18-9-12-20(13-10-18)28(5-2)6-3/h9-14,17,19H,4-8H2,1-3H3/b14-11+. The molecule has 0 radical (unpaired) electrons. The van der Waals surface area contributed by atoms with Crippen LogP contribution in [0.1, 0.15) is 45.6 Å². The van der Waals surface area contributed by atoms with Crippen LogP contribution in [-0.4, -0.2) is 25.0 Å². The van der Waals surface area contributed by atoms with Crippen LogP contribution >= 0.6 is 0 Å². The summed E-state index contributed by atoms with van der Waals surface area (Å²) in [5, 5.41) is 18.6. The van der Waals surface area contributed by atoms with Gasteiger partial charge in [0.25, 0.3) is 0 Å². The summed E-state index contributed by atoms with van der Waals surface area (Å²) in [5.41, 5.74) is 3.20. The number of unbranched alkanes of at least 4 members (excludes halogenated alkanes) is 1. The maximum Gasteiger partial charge on any atom is 0.177 e. The highest BCUT2D eigenvalue weighted by molar-refractivity contribution is 6.09. The molecule has 0 amide bonds. The SMILES string of the molecule is CCCCC1C=NC(C#N)=C(C#N)N=C1/C=C/c1ccc(N(CC)CC)cc1. The Morgan fingerprint density at radius 2 is 1.68 bits per heavy atom. The molecule has 2 rings (SSSR count). The monoisotopic (exact) mass is 373 g/mol. The Kier molecular flexibility index (Phi) is 8.18. The molecule has 1 aromatic carbocycles. The fraction of sp³-hybridized carbons (Fsp3) is 0.391. The van der Waals surface area contributed by atoms with Gasteiger partial charge in [-0.3, -0.25) is 0 Å². The minimum Gasteiger partial charge on any atom is -0.372 e. The molecule has 144 valence electrons. The first-order valence-corrected chi connectivity index (χ1v) is 9.87. The van der Waals surface area contributed by atoms with Crippen LogP contribution in [0, 0.1) is 28.6 Å². The predicted molar refractivity (Wildman–Crippen MR) is 116 cm³/mol. The summed E-state index contributed by atoms with van der Waals surface area (Å²) in [4.78, 5) is 11.0. The van der Waals surface area contributed by atoms with Gasteiger partial charge in [0.2, 0.25) is 0 Å². The molecule has 1 aliphatic rings. The number of hydrogen-bond donors (Lipinski definition) is 0. The summed E-state index contributed by atoms with van der Waals surface area (Å²) in [5.74, 6) is 0.000322. The third kappa shape index (κ3) is 5.41. The van der Waals surface area contributed by atoms with E-state index in [2.05, 4.69) is 59.9 Å². The van der Waals surface area contributed by atoms with Gasteiger partial charge < -0.3 is 4.90 Å². The number of benzene rings is 1. The van der Waals surface area contributed by atoms with E-state index in [0.29, 0.717) is 0 Å². The Balaban J connectivity index is 2.30. The van der Waals surface area contributed by atoms with E-state index in [9.17, 15) is 10.5 Å². The van der Waals surface area contributed by atoms with E-state index >= 15 is 0 Å². The number of anilines is 1. The largest absolute Gasteiger partial charge is 0.372 e. The lowest BCUT2D eigenvalue weighted by Crippen LogP contribution is -2.21. The van der Waals surface area contributed by atoms with Gasteiger partial charge in [0, 0.05) is 30.9 Å². The van der Waals surface area contributed by atoms with Crippen molar-refractivity contribution in [2.24, 2.45) is 15.9 Å². The van der Waals surface area contributed by atoms with Crippen molar-refractivity contribution in [3.05, 3.63) is 47.3 Å². The highest BCUT2D eigenvalue weighted by Crippen LogP contribution is 2.20. The van der Waals surface area contributed by atoms with E-state index < -0.39 is 0 Å². The Hall–Kier alpha value is -3.18. The summed E-state index contributed by atoms with van der Waals surface area (Å²) in [6.45, 7) is 8.39. The normalized spacial score (nSPS) is 16.5. The summed E-state index contributed by atoms with van der Waals surface area (Å²) >= 11 is 0. The molecule has 0 saturated heterocycles. The predicted octanol–water partition coefficient (Wildman–Crippen LogP) is 5.14. The van der Waals surface area contributed by atoms with Crippen molar-refractivity contribution in [1.82, 2.24) is 0 Å². The molecule has 0 N–H and O–H groups in total. The second-order valence-corrected chi connectivity index (χ2v) is 6.58. The highest BCUT2D eigenvalue weighted by atomic mass is 15.1. The van der Waals surface area contributed by atoms with E-state index in [1.54, 1.807) is 6.21 Å². The Bertz CT molecular complexity index is 856. The number of hydrogen-bond acceptors (Lipinski definition) is 5. The molecule has 5 heteroatoms. The third-order valence-electron chi connectivity index (χ3n) is 4.78. The Morgan fingerprint density at radius 1 is 1.00 bits per heavy atom. The molecule has 28 heavy (non-hydrogen) atoms. The quantitative estimate of drug-likeness (QED) is 0.633. The van der Waals surface area contributed by atoms with Gasteiger partial charge in [-0.2, -0.15) is 10.5 Å². The zero-order valence-corrected chi connectivity index (χ0v) is 16.9. The second kappa shape index (κ2) is 10.8. The van der Waals surface area contributed by atoms with Gasteiger partial charge in [0.05, 0.1) is 5.71 Å². The van der Waals surface area contributed by atoms with Crippen LogP contribution in [-0.2, 0) is 0 Å². The first kappa shape index (κ1) is 21.1. The molecular weight excluding hydrogens is 346 g/mol. The van der Waals surface area contributed by atoms with Crippen LogP contribution in [0.3, 0.4) is 0 Å². The molecule has 1 atom stereocenters. The maximum atomic E-state index is 9.34. The number of allylic oxidation sites excluding steroid dienone is 3. The van der Waals surface area contributed by atoms with Crippen LogP contribution in [0.15, 0.2) is 51.7 Å². The smallest absolute Gasteiger partial charge is 0.177 e. The van der Waals surface area contributed by atoms with Gasteiger partial charge in [0.1, 0.15) is 12.1 Å². The summed E-state index contributed by atoms with van der Waals surface area (Å²) < 4.78 is 0. The van der Waals surface area contributed by atoms with Crippen LogP contribution in [0.2, 0.25) is 0 Å². The number of aliphatic imine (C=N–C) groups is 2. The van der Waals surface area contributed by atoms with Gasteiger partial charge in [-0.15, -0.1) is 0 Å². The van der Waals surface area contributed by atoms with E-state index in [4.69, 9.17) is 0 Å². The van der Waals surface area contributed by atoms with Gasteiger partial charge in [-0.25, -0.2) is 9.98 Å². The number of rotatable bonds is 8. The van der Waals surface area contributed by atoms with Crippen molar-refractivity contribution < 1.29 is 0 Å². The van der Waals surface area contributed by atoms with Crippen LogP contribution in [0.5, 0.6) is 0 Å². The van der Waals surface area contributed by atoms with E-state index in [0.717, 1.165) is 43.6 Å². The molecule has 0 saturated carbocycles. The zero-order valence-electron chi connectivity index (χ0n) is 16.9. The van der Waals surface area contributed by atoms with E-state index in [1.165, 1.54) is 5.69 Å². The lowest BCUT2D eigenvalue weighted by molar-refractivity contribution is 0.693. The molecule has 1 aromatic rings. The average molecular weight is 374 g/mol. The van der Waals surface area contributed by atoms with Crippen LogP contribution < -0.4 is 4.90 Å². The minimum absolute atomic E-state index is 0.000322. The van der Waals surface area contributed by atoms with Crippen LogP contribution in [0.4, 0.5) is 5.69 Å². The molecule has 5 nitrogen and oxygen atoms in total. The molecule has 1 unspecified atom stereocenters. The topological polar surface area (TPSA) is 75.5 Å². The van der Waals surface area contributed by atoms with Crippen molar-refractivity contribution in [1.29, 1.82) is 10.5 Å². The van der Waals surface area contributed by atoms with Crippen molar-refractivity contribution >= 4 is 23.7 Å². The fourth-order valence-electron chi connectivity index (χ4n) is 3.10. The fourth-order valence-corrected chi connectivity index (χ4v) is 3.10. The number of nitriles is 2. The average Bonchev–Trinajstić information content (AvgIpc) is 2.91.